The largest absolute Gasteiger partial charge is 0.478 e. The Labute approximate surface area is 111 Å². The van der Waals surface area contributed by atoms with Crippen molar-refractivity contribution in [3.8, 4) is 0 Å². The van der Waals surface area contributed by atoms with E-state index in [9.17, 15) is 9.59 Å². The summed E-state index contributed by atoms with van der Waals surface area (Å²) in [5, 5.41) is 12.0. The molecule has 1 aliphatic heterocycles. The summed E-state index contributed by atoms with van der Waals surface area (Å²) in [4.78, 5) is 24.6. The third kappa shape index (κ3) is 2.53. The van der Waals surface area contributed by atoms with Crippen molar-refractivity contribution in [1.82, 2.24) is 0 Å². The maximum atomic E-state index is 12.0. The van der Waals surface area contributed by atoms with Crippen LogP contribution in [0.4, 0.5) is 11.4 Å². The predicted molar refractivity (Wildman–Crippen MR) is 72.5 cm³/mol. The smallest absolute Gasteiger partial charge is 0.335 e. The molecule has 1 heterocycles. The molecule has 1 aromatic carbocycles. The van der Waals surface area contributed by atoms with Gasteiger partial charge in [0.1, 0.15) is 0 Å². The summed E-state index contributed by atoms with van der Waals surface area (Å²) < 4.78 is 0. The molecule has 6 heteroatoms. The summed E-state index contributed by atoms with van der Waals surface area (Å²) in [6.45, 7) is 0.989. The molecule has 1 unspecified atom stereocenters. The minimum absolute atomic E-state index is 0.0190. The molecule has 4 N–H and O–H groups in total. The van der Waals surface area contributed by atoms with E-state index < -0.39 is 5.97 Å². The lowest BCUT2D eigenvalue weighted by Crippen LogP contribution is -2.26. The van der Waals surface area contributed by atoms with Gasteiger partial charge in [-0.15, -0.1) is 0 Å². The Morgan fingerprint density at radius 3 is 2.84 bits per heavy atom. The molecule has 6 nitrogen and oxygen atoms in total. The molecular formula is C13H17N3O3. The van der Waals surface area contributed by atoms with Gasteiger partial charge in [-0.05, 0) is 30.7 Å². The average molecular weight is 263 g/mol. The molecule has 0 aliphatic carbocycles. The third-order valence-corrected chi connectivity index (χ3v) is 3.34. The second-order valence-corrected chi connectivity index (χ2v) is 4.60. The second-order valence-electron chi connectivity index (χ2n) is 4.60. The normalized spacial score (nSPS) is 18.7. The minimum atomic E-state index is -1.01. The number of nitrogens with one attached hydrogen (secondary N) is 1. The van der Waals surface area contributed by atoms with Crippen molar-refractivity contribution in [1.29, 1.82) is 0 Å². The highest BCUT2D eigenvalue weighted by atomic mass is 16.4. The van der Waals surface area contributed by atoms with E-state index in [0.717, 1.165) is 5.69 Å². The Balaban J connectivity index is 2.39. The van der Waals surface area contributed by atoms with Gasteiger partial charge < -0.3 is 21.1 Å². The van der Waals surface area contributed by atoms with Crippen LogP contribution in [0.2, 0.25) is 0 Å². The molecule has 1 saturated heterocycles. The molecule has 0 saturated carbocycles. The Morgan fingerprint density at radius 1 is 1.58 bits per heavy atom. The topological polar surface area (TPSA) is 95.7 Å². The van der Waals surface area contributed by atoms with E-state index in [1.807, 2.05) is 0 Å². The second kappa shape index (κ2) is 5.27. The first-order valence-corrected chi connectivity index (χ1v) is 6.12. The van der Waals surface area contributed by atoms with Crippen molar-refractivity contribution in [2.45, 2.75) is 6.42 Å². The summed E-state index contributed by atoms with van der Waals surface area (Å²) >= 11 is 0. The molecule has 1 aliphatic rings. The van der Waals surface area contributed by atoms with Gasteiger partial charge in [-0.2, -0.15) is 0 Å². The highest BCUT2D eigenvalue weighted by Crippen LogP contribution is 2.32. The summed E-state index contributed by atoms with van der Waals surface area (Å²) in [6, 6.07) is 4.70. The van der Waals surface area contributed by atoms with Gasteiger partial charge >= 0.3 is 5.97 Å². The number of amides is 1. The zero-order valence-corrected chi connectivity index (χ0v) is 10.7. The van der Waals surface area contributed by atoms with Gasteiger partial charge in [0.25, 0.3) is 0 Å². The first-order valence-electron chi connectivity index (χ1n) is 6.12. The van der Waals surface area contributed by atoms with Crippen molar-refractivity contribution in [2.24, 2.45) is 11.7 Å². The number of hydrogen-bond acceptors (Lipinski definition) is 4. The zero-order chi connectivity index (χ0) is 14.0. The molecule has 1 fully saturated rings. The van der Waals surface area contributed by atoms with Gasteiger partial charge in [0.2, 0.25) is 5.91 Å². The van der Waals surface area contributed by atoms with E-state index in [1.54, 1.807) is 18.0 Å². The monoisotopic (exact) mass is 263 g/mol. The fourth-order valence-electron chi connectivity index (χ4n) is 2.27. The molecule has 102 valence electrons. The highest BCUT2D eigenvalue weighted by molar-refractivity contribution is 6.00. The maximum Gasteiger partial charge on any atom is 0.335 e. The van der Waals surface area contributed by atoms with Crippen molar-refractivity contribution >= 4 is 23.3 Å². The molecule has 19 heavy (non-hydrogen) atoms. The lowest BCUT2D eigenvalue weighted by atomic mass is 10.1. The van der Waals surface area contributed by atoms with Crippen molar-refractivity contribution < 1.29 is 14.7 Å². The van der Waals surface area contributed by atoms with Crippen LogP contribution in [0.25, 0.3) is 0 Å². The van der Waals surface area contributed by atoms with Crippen molar-refractivity contribution in [3.63, 3.8) is 0 Å². The molecule has 0 bridgehead atoms. The molecule has 0 radical (unpaired) electrons. The van der Waals surface area contributed by atoms with Gasteiger partial charge in [-0.3, -0.25) is 4.79 Å². The number of carboxylic acids is 1. The van der Waals surface area contributed by atoms with Crippen LogP contribution in [0.3, 0.4) is 0 Å². The van der Waals surface area contributed by atoms with Gasteiger partial charge in [-0.1, -0.05) is 0 Å². The molecule has 1 amide bonds. The molecular weight excluding hydrogens is 246 g/mol. The molecule has 0 aromatic heterocycles. The number of benzene rings is 1. The number of nitrogens with two attached hydrogens (primary N) is 1. The van der Waals surface area contributed by atoms with Crippen LogP contribution in [0.1, 0.15) is 16.8 Å². The fourth-order valence-corrected chi connectivity index (χ4v) is 2.27. The zero-order valence-electron chi connectivity index (χ0n) is 10.7. The van der Waals surface area contributed by atoms with Crippen LogP contribution in [-0.4, -0.2) is 37.1 Å². The lowest BCUT2D eigenvalue weighted by Gasteiger charge is -2.20. The summed E-state index contributed by atoms with van der Waals surface area (Å²) in [6.07, 6.45) is 0.414. The fraction of sp³-hybridized carbons (Fsp3) is 0.385. The lowest BCUT2D eigenvalue weighted by molar-refractivity contribution is -0.117. The Bertz CT molecular complexity index is 516. The van der Waals surface area contributed by atoms with E-state index in [0.29, 0.717) is 25.2 Å². The number of rotatable bonds is 4. The van der Waals surface area contributed by atoms with E-state index in [2.05, 4.69) is 5.32 Å². The predicted octanol–water partition coefficient (Wildman–Crippen LogP) is 0.738. The van der Waals surface area contributed by atoms with Crippen LogP contribution in [0.5, 0.6) is 0 Å². The van der Waals surface area contributed by atoms with Gasteiger partial charge in [-0.25, -0.2) is 4.79 Å². The number of carbonyl (C=O) groups is 2. The minimum Gasteiger partial charge on any atom is -0.478 e. The Hall–Kier alpha value is -2.08. The average Bonchev–Trinajstić information content (AvgIpc) is 2.79. The van der Waals surface area contributed by atoms with Crippen LogP contribution in [0.15, 0.2) is 18.2 Å². The number of carboxylic acid groups (broad SMARTS) is 1. The van der Waals surface area contributed by atoms with Crippen LogP contribution >= 0.6 is 0 Å². The standard InChI is InChI=1S/C13H17N3O3/c1-15-10-3-2-9(13(18)19)5-11(10)16-7-8(6-14)4-12(16)17/h2-3,5,8,15H,4,6-7,14H2,1H3,(H,18,19). The first kappa shape index (κ1) is 13.4. The summed E-state index contributed by atoms with van der Waals surface area (Å²) in [5.74, 6) is -0.897. The third-order valence-electron chi connectivity index (χ3n) is 3.34. The van der Waals surface area contributed by atoms with Gasteiger partial charge in [0.05, 0.1) is 16.9 Å². The van der Waals surface area contributed by atoms with Crippen LogP contribution in [-0.2, 0) is 4.79 Å². The molecule has 0 spiro atoms. The van der Waals surface area contributed by atoms with E-state index in [-0.39, 0.29) is 17.4 Å². The first-order chi connectivity index (χ1) is 9.06. The summed E-state index contributed by atoms with van der Waals surface area (Å²) in [7, 11) is 1.74. The summed E-state index contributed by atoms with van der Waals surface area (Å²) in [5.41, 5.74) is 7.09. The van der Waals surface area contributed by atoms with Gasteiger partial charge in [0.15, 0.2) is 0 Å². The van der Waals surface area contributed by atoms with E-state index in [4.69, 9.17) is 10.8 Å². The van der Waals surface area contributed by atoms with E-state index in [1.165, 1.54) is 12.1 Å². The molecule has 1 aromatic rings. The van der Waals surface area contributed by atoms with E-state index >= 15 is 0 Å². The Kier molecular flexibility index (Phi) is 3.71. The number of nitrogens with zero attached hydrogens (tertiary/aromatic N) is 1. The maximum absolute atomic E-state index is 12.0. The molecule has 1 atom stereocenters. The van der Waals surface area contributed by atoms with Crippen LogP contribution in [0, 0.1) is 5.92 Å². The quantitative estimate of drug-likeness (QED) is 0.744. The van der Waals surface area contributed by atoms with Crippen molar-refractivity contribution in [2.75, 3.05) is 30.4 Å². The highest BCUT2D eigenvalue weighted by Gasteiger charge is 2.31. The molecule has 2 rings (SSSR count). The number of carbonyl (C=O) groups excluding carboxylic acids is 1. The van der Waals surface area contributed by atoms with Gasteiger partial charge in [0, 0.05) is 20.0 Å². The van der Waals surface area contributed by atoms with Crippen LogP contribution < -0.4 is 16.0 Å². The van der Waals surface area contributed by atoms with Crippen molar-refractivity contribution in [3.05, 3.63) is 23.8 Å². The number of anilines is 2. The Morgan fingerprint density at radius 2 is 2.32 bits per heavy atom. The number of aromatic carboxylic acids is 1. The number of hydrogen-bond donors (Lipinski definition) is 3. The SMILES string of the molecule is CNc1ccc(C(=O)O)cc1N1CC(CN)CC1=O.